The van der Waals surface area contributed by atoms with Crippen LogP contribution in [-0.2, 0) is 4.79 Å². The van der Waals surface area contributed by atoms with Crippen molar-refractivity contribution in [2.45, 2.75) is 30.6 Å². The van der Waals surface area contributed by atoms with Crippen LogP contribution in [0.3, 0.4) is 0 Å². The molecular formula is C16H19ClN4O4S2. The summed E-state index contributed by atoms with van der Waals surface area (Å²) in [6, 6.07) is 2.62. The zero-order valence-corrected chi connectivity index (χ0v) is 17.5. The van der Waals surface area contributed by atoms with Gasteiger partial charge in [-0.1, -0.05) is 34.7 Å². The molecule has 0 radical (unpaired) electrons. The lowest BCUT2D eigenvalue weighted by Crippen LogP contribution is -2.25. The third-order valence-corrected chi connectivity index (χ3v) is 5.29. The number of ether oxygens (including phenoxy) is 1. The van der Waals surface area contributed by atoms with E-state index in [2.05, 4.69) is 20.8 Å². The third-order valence-electron chi connectivity index (χ3n) is 3.01. The first-order valence-corrected chi connectivity index (χ1v) is 9.92. The normalized spacial score (nSPS) is 11.1. The molecule has 8 nitrogen and oxygen atoms in total. The molecule has 0 spiro atoms. The van der Waals surface area contributed by atoms with E-state index in [0.717, 1.165) is 0 Å². The Morgan fingerprint density at radius 1 is 1.33 bits per heavy atom. The van der Waals surface area contributed by atoms with Crippen molar-refractivity contribution in [2.75, 3.05) is 23.5 Å². The Hall–Kier alpha value is -2.04. The van der Waals surface area contributed by atoms with Gasteiger partial charge in [-0.05, 0) is 26.8 Å². The molecule has 0 fully saturated rings. The van der Waals surface area contributed by atoms with Gasteiger partial charge in [0.05, 0.1) is 23.6 Å². The van der Waals surface area contributed by atoms with E-state index < -0.39 is 5.97 Å². The van der Waals surface area contributed by atoms with E-state index in [-0.39, 0.29) is 39.2 Å². The lowest BCUT2D eigenvalue weighted by molar-refractivity contribution is -0.113. The van der Waals surface area contributed by atoms with Crippen LogP contribution in [0.25, 0.3) is 0 Å². The van der Waals surface area contributed by atoms with E-state index in [1.807, 2.05) is 20.8 Å². The predicted molar refractivity (Wildman–Crippen MR) is 108 cm³/mol. The molecule has 0 unspecified atom stereocenters. The minimum absolute atomic E-state index is 0.0809. The summed E-state index contributed by atoms with van der Waals surface area (Å²) < 4.78 is 5.69. The van der Waals surface area contributed by atoms with Crippen molar-refractivity contribution in [3.63, 3.8) is 0 Å². The molecule has 0 saturated heterocycles. The first-order chi connectivity index (χ1) is 12.6. The van der Waals surface area contributed by atoms with E-state index in [1.165, 1.54) is 42.3 Å². The molecule has 3 N–H and O–H groups in total. The second-order valence-corrected chi connectivity index (χ2v) is 9.03. The molecular weight excluding hydrogens is 412 g/mol. The number of carbonyl (C=O) groups is 2. The number of carboxylic acids is 1. The van der Waals surface area contributed by atoms with E-state index >= 15 is 0 Å². The second-order valence-electron chi connectivity index (χ2n) is 6.42. The van der Waals surface area contributed by atoms with Gasteiger partial charge in [0, 0.05) is 11.6 Å². The summed E-state index contributed by atoms with van der Waals surface area (Å²) in [7, 11) is 1.34. The summed E-state index contributed by atoms with van der Waals surface area (Å²) in [5.74, 6) is -1.27. The number of nitrogens with zero attached hydrogens (tertiary/aromatic N) is 2. The summed E-state index contributed by atoms with van der Waals surface area (Å²) in [5, 5.41) is 23.9. The molecule has 2 rings (SSSR count). The van der Waals surface area contributed by atoms with Crippen molar-refractivity contribution in [1.29, 1.82) is 0 Å². The van der Waals surface area contributed by atoms with Crippen molar-refractivity contribution in [3.8, 4) is 5.75 Å². The SMILES string of the molecule is COc1cc(NC(=O)CSc2nnc(NC(C)(C)C)s2)c(Cl)cc1C(=O)O. The number of aromatic nitrogens is 2. The highest BCUT2D eigenvalue weighted by Crippen LogP contribution is 2.32. The molecule has 0 saturated carbocycles. The molecule has 11 heteroatoms. The van der Waals surface area contributed by atoms with Gasteiger partial charge >= 0.3 is 5.97 Å². The number of hydrogen-bond donors (Lipinski definition) is 3. The average Bonchev–Trinajstić information content (AvgIpc) is 2.99. The summed E-state index contributed by atoms with van der Waals surface area (Å²) in [5.41, 5.74) is 0.0654. The number of aromatic carboxylic acids is 1. The number of methoxy groups -OCH3 is 1. The summed E-state index contributed by atoms with van der Waals surface area (Å²) >= 11 is 8.66. The largest absolute Gasteiger partial charge is 0.496 e. The molecule has 1 amide bonds. The lowest BCUT2D eigenvalue weighted by Gasteiger charge is -2.18. The Balaban J connectivity index is 1.99. The van der Waals surface area contributed by atoms with E-state index in [4.69, 9.17) is 21.4 Å². The molecule has 0 aliphatic carbocycles. The van der Waals surface area contributed by atoms with Gasteiger partial charge in [0.25, 0.3) is 0 Å². The van der Waals surface area contributed by atoms with Crippen LogP contribution < -0.4 is 15.4 Å². The smallest absolute Gasteiger partial charge is 0.339 e. The molecule has 2 aromatic rings. The highest BCUT2D eigenvalue weighted by Gasteiger charge is 2.17. The standard InChI is InChI=1S/C16H19ClN4O4S2/c1-16(2,3)19-14-20-21-15(27-14)26-7-12(22)18-10-6-11(25-4)8(13(23)24)5-9(10)17/h5-6H,7H2,1-4H3,(H,18,22)(H,19,20)(H,23,24). The van der Waals surface area contributed by atoms with Gasteiger partial charge in [-0.3, -0.25) is 4.79 Å². The van der Waals surface area contributed by atoms with Crippen LogP contribution in [0.4, 0.5) is 10.8 Å². The number of hydrogen-bond acceptors (Lipinski definition) is 8. The maximum absolute atomic E-state index is 12.2. The van der Waals surface area contributed by atoms with Crippen molar-refractivity contribution >= 4 is 57.4 Å². The number of thioether (sulfide) groups is 1. The molecule has 0 atom stereocenters. The maximum Gasteiger partial charge on any atom is 0.339 e. The zero-order valence-electron chi connectivity index (χ0n) is 15.1. The molecule has 1 aromatic carbocycles. The Bertz CT molecular complexity index is 851. The molecule has 0 aliphatic heterocycles. The van der Waals surface area contributed by atoms with Crippen molar-refractivity contribution in [1.82, 2.24) is 10.2 Å². The van der Waals surface area contributed by atoms with Crippen LogP contribution in [0.2, 0.25) is 5.02 Å². The fraction of sp³-hybridized carbons (Fsp3) is 0.375. The molecule has 27 heavy (non-hydrogen) atoms. The Morgan fingerprint density at radius 3 is 2.63 bits per heavy atom. The zero-order chi connectivity index (χ0) is 20.2. The lowest BCUT2D eigenvalue weighted by atomic mass is 10.1. The summed E-state index contributed by atoms with van der Waals surface area (Å²) in [6.45, 7) is 6.05. The van der Waals surface area contributed by atoms with Crippen LogP contribution in [0.5, 0.6) is 5.75 Å². The van der Waals surface area contributed by atoms with E-state index in [1.54, 1.807) is 0 Å². The number of nitrogens with one attached hydrogen (secondary N) is 2. The van der Waals surface area contributed by atoms with Crippen LogP contribution in [-0.4, -0.2) is 45.6 Å². The predicted octanol–water partition coefficient (Wildman–Crippen LogP) is 3.84. The molecule has 0 aliphatic rings. The average molecular weight is 431 g/mol. The van der Waals surface area contributed by atoms with Gasteiger partial charge in [-0.15, -0.1) is 10.2 Å². The van der Waals surface area contributed by atoms with Crippen molar-refractivity contribution < 1.29 is 19.4 Å². The number of rotatable bonds is 7. The third kappa shape index (κ3) is 6.26. The Morgan fingerprint density at radius 2 is 2.04 bits per heavy atom. The minimum atomic E-state index is -1.17. The number of anilines is 2. The number of halogens is 1. The van der Waals surface area contributed by atoms with E-state index in [9.17, 15) is 9.59 Å². The fourth-order valence-corrected chi connectivity index (χ4v) is 3.91. The van der Waals surface area contributed by atoms with Gasteiger partial charge in [0.2, 0.25) is 11.0 Å². The Kier molecular flexibility index (Phi) is 6.90. The molecule has 1 heterocycles. The maximum atomic E-state index is 12.2. The van der Waals surface area contributed by atoms with E-state index in [0.29, 0.717) is 9.47 Å². The molecule has 0 bridgehead atoms. The number of carboxylic acid groups (broad SMARTS) is 1. The van der Waals surface area contributed by atoms with Crippen molar-refractivity contribution in [3.05, 3.63) is 22.7 Å². The highest BCUT2D eigenvalue weighted by molar-refractivity contribution is 8.01. The summed E-state index contributed by atoms with van der Waals surface area (Å²) in [4.78, 5) is 23.4. The van der Waals surface area contributed by atoms with Gasteiger partial charge in [0.1, 0.15) is 11.3 Å². The second kappa shape index (κ2) is 8.77. The number of amides is 1. The Labute approximate surface area is 169 Å². The van der Waals surface area contributed by atoms with Gasteiger partial charge in [-0.2, -0.15) is 0 Å². The topological polar surface area (TPSA) is 113 Å². The van der Waals surface area contributed by atoms with Crippen LogP contribution >= 0.6 is 34.7 Å². The molecule has 146 valence electrons. The highest BCUT2D eigenvalue weighted by atomic mass is 35.5. The van der Waals surface area contributed by atoms with Gasteiger partial charge in [-0.25, -0.2) is 4.79 Å². The summed E-state index contributed by atoms with van der Waals surface area (Å²) in [6.07, 6.45) is 0. The number of carbonyl (C=O) groups excluding carboxylic acids is 1. The van der Waals surface area contributed by atoms with Crippen molar-refractivity contribution in [2.24, 2.45) is 0 Å². The van der Waals surface area contributed by atoms with Crippen LogP contribution in [0, 0.1) is 0 Å². The van der Waals surface area contributed by atoms with Crippen LogP contribution in [0.1, 0.15) is 31.1 Å². The minimum Gasteiger partial charge on any atom is -0.496 e. The monoisotopic (exact) mass is 430 g/mol. The fourth-order valence-electron chi connectivity index (χ4n) is 1.94. The number of benzene rings is 1. The first-order valence-electron chi connectivity index (χ1n) is 7.74. The quantitative estimate of drug-likeness (QED) is 0.568. The molecule has 1 aromatic heterocycles. The van der Waals surface area contributed by atoms with Gasteiger partial charge in [0.15, 0.2) is 4.34 Å². The van der Waals surface area contributed by atoms with Gasteiger partial charge < -0.3 is 20.5 Å². The first kappa shape index (κ1) is 21.3. The van der Waals surface area contributed by atoms with Crippen LogP contribution in [0.15, 0.2) is 16.5 Å².